The minimum absolute atomic E-state index is 0.771. The lowest BCUT2D eigenvalue weighted by Gasteiger charge is -1.99. The molecule has 2 aromatic rings. The fourth-order valence-electron chi connectivity index (χ4n) is 1.51. The van der Waals surface area contributed by atoms with Gasteiger partial charge >= 0.3 is 0 Å². The summed E-state index contributed by atoms with van der Waals surface area (Å²) in [4.78, 5) is 17.0. The lowest BCUT2D eigenvalue weighted by molar-refractivity contribution is 0.112. The molecule has 2 rings (SSSR count). The number of carbonyl (C=O) groups is 1. The highest BCUT2D eigenvalue weighted by molar-refractivity contribution is 7.14. The molecule has 0 N–H and O–H groups in total. The first-order valence-corrected chi connectivity index (χ1v) is 5.66. The summed E-state index contributed by atoms with van der Waals surface area (Å²) in [6, 6.07) is 7.73. The molecule has 0 aliphatic rings. The van der Waals surface area contributed by atoms with E-state index < -0.39 is 0 Å². The first kappa shape index (κ1) is 10.1. The Morgan fingerprint density at radius 1 is 1.47 bits per heavy atom. The molecule has 0 radical (unpaired) electrons. The van der Waals surface area contributed by atoms with Gasteiger partial charge < -0.3 is 0 Å². The molecule has 0 amide bonds. The normalized spacial score (nSPS) is 10.2. The number of aryl methyl sites for hydroxylation is 1. The number of pyridine rings is 1. The second kappa shape index (κ2) is 4.36. The van der Waals surface area contributed by atoms with E-state index in [0.29, 0.717) is 0 Å². The van der Waals surface area contributed by atoms with E-state index in [1.54, 1.807) is 17.5 Å². The molecule has 0 aliphatic carbocycles. The Bertz CT molecular complexity index is 462. The molecule has 0 bridgehead atoms. The van der Waals surface area contributed by atoms with Crippen LogP contribution in [0.3, 0.4) is 0 Å². The summed E-state index contributed by atoms with van der Waals surface area (Å²) in [7, 11) is 0. The molecule has 0 spiro atoms. The average Bonchev–Trinajstić information content (AvgIpc) is 2.73. The Labute approximate surface area is 92.6 Å². The van der Waals surface area contributed by atoms with Gasteiger partial charge in [-0.25, -0.2) is 0 Å². The Morgan fingerprint density at radius 3 is 2.93 bits per heavy atom. The smallest absolute Gasteiger partial charge is 0.160 e. The van der Waals surface area contributed by atoms with E-state index in [0.717, 1.165) is 28.8 Å². The highest BCUT2D eigenvalue weighted by Crippen LogP contribution is 2.29. The van der Waals surface area contributed by atoms with E-state index >= 15 is 0 Å². The van der Waals surface area contributed by atoms with Crippen molar-refractivity contribution in [2.24, 2.45) is 0 Å². The van der Waals surface area contributed by atoms with Crippen molar-refractivity contribution in [3.8, 4) is 11.3 Å². The van der Waals surface area contributed by atoms with Gasteiger partial charge in [0.15, 0.2) is 6.29 Å². The number of rotatable bonds is 3. The van der Waals surface area contributed by atoms with Gasteiger partial charge in [0, 0.05) is 16.6 Å². The molecule has 15 heavy (non-hydrogen) atoms. The van der Waals surface area contributed by atoms with Gasteiger partial charge in [-0.15, -0.1) is 11.3 Å². The average molecular weight is 217 g/mol. The van der Waals surface area contributed by atoms with Gasteiger partial charge in [-0.2, -0.15) is 0 Å². The molecule has 76 valence electrons. The van der Waals surface area contributed by atoms with E-state index in [9.17, 15) is 4.79 Å². The van der Waals surface area contributed by atoms with Crippen molar-refractivity contribution < 1.29 is 4.79 Å². The number of aromatic nitrogens is 1. The molecule has 0 unspecified atom stereocenters. The fraction of sp³-hybridized carbons (Fsp3) is 0.167. The van der Waals surface area contributed by atoms with Gasteiger partial charge in [0.25, 0.3) is 0 Å². The number of carbonyl (C=O) groups excluding carboxylic acids is 1. The van der Waals surface area contributed by atoms with Crippen molar-refractivity contribution in [1.82, 2.24) is 4.98 Å². The van der Waals surface area contributed by atoms with E-state index in [2.05, 4.69) is 11.9 Å². The van der Waals surface area contributed by atoms with Gasteiger partial charge in [0.1, 0.15) is 0 Å². The third-order valence-electron chi connectivity index (χ3n) is 2.21. The minimum atomic E-state index is 0.771. The van der Waals surface area contributed by atoms with Crippen LogP contribution >= 0.6 is 11.3 Å². The number of thiophene rings is 1. The molecule has 2 nitrogen and oxygen atoms in total. The molecule has 2 heterocycles. The molecule has 0 aromatic carbocycles. The summed E-state index contributed by atoms with van der Waals surface area (Å²) in [5, 5.41) is 0. The molecular weight excluding hydrogens is 206 g/mol. The van der Waals surface area contributed by atoms with Crippen LogP contribution in [-0.4, -0.2) is 11.3 Å². The second-order valence-electron chi connectivity index (χ2n) is 3.17. The van der Waals surface area contributed by atoms with Crippen molar-refractivity contribution in [3.05, 3.63) is 40.2 Å². The Morgan fingerprint density at radius 2 is 2.33 bits per heavy atom. The molecule has 0 aliphatic heterocycles. The number of nitrogens with zero attached hydrogens (tertiary/aromatic N) is 1. The van der Waals surface area contributed by atoms with Gasteiger partial charge in [-0.05, 0) is 24.6 Å². The Kier molecular flexibility index (Phi) is 2.92. The van der Waals surface area contributed by atoms with Crippen molar-refractivity contribution in [3.63, 3.8) is 0 Å². The maximum absolute atomic E-state index is 10.7. The fourth-order valence-corrected chi connectivity index (χ4v) is 2.44. The standard InChI is InChI=1S/C12H11NOS/c1-2-12-10(7-9(8-14)15-12)11-5-3-4-6-13-11/h3-8H,2H2,1H3. The van der Waals surface area contributed by atoms with Gasteiger partial charge in [0.05, 0.1) is 10.6 Å². The summed E-state index contributed by atoms with van der Waals surface area (Å²) in [5.74, 6) is 0. The Balaban J connectivity index is 2.52. The van der Waals surface area contributed by atoms with E-state index in [1.807, 2.05) is 24.3 Å². The topological polar surface area (TPSA) is 30.0 Å². The summed E-state index contributed by atoms with van der Waals surface area (Å²) >= 11 is 1.55. The molecule has 0 fully saturated rings. The van der Waals surface area contributed by atoms with Crippen LogP contribution in [0, 0.1) is 0 Å². The second-order valence-corrected chi connectivity index (χ2v) is 4.34. The predicted molar refractivity (Wildman–Crippen MR) is 62.3 cm³/mol. The van der Waals surface area contributed by atoms with Crippen molar-refractivity contribution in [2.75, 3.05) is 0 Å². The minimum Gasteiger partial charge on any atom is -0.297 e. The summed E-state index contributed by atoms with van der Waals surface area (Å²) in [6.45, 7) is 2.09. The monoisotopic (exact) mass is 217 g/mol. The molecule has 0 saturated heterocycles. The zero-order chi connectivity index (χ0) is 10.7. The van der Waals surface area contributed by atoms with E-state index in [1.165, 1.54) is 4.88 Å². The molecule has 0 atom stereocenters. The van der Waals surface area contributed by atoms with Crippen LogP contribution in [0.1, 0.15) is 21.5 Å². The van der Waals surface area contributed by atoms with Crippen LogP contribution in [0.5, 0.6) is 0 Å². The van der Waals surface area contributed by atoms with Crippen LogP contribution < -0.4 is 0 Å². The van der Waals surface area contributed by atoms with Crippen LogP contribution in [0.4, 0.5) is 0 Å². The third-order valence-corrected chi connectivity index (χ3v) is 3.41. The Hall–Kier alpha value is -1.48. The van der Waals surface area contributed by atoms with Crippen LogP contribution in [-0.2, 0) is 6.42 Å². The number of aldehydes is 1. The SMILES string of the molecule is CCc1sc(C=O)cc1-c1ccccn1. The van der Waals surface area contributed by atoms with Crippen LogP contribution in [0.15, 0.2) is 30.5 Å². The quantitative estimate of drug-likeness (QED) is 0.739. The van der Waals surface area contributed by atoms with Crippen molar-refractivity contribution in [1.29, 1.82) is 0 Å². The highest BCUT2D eigenvalue weighted by atomic mass is 32.1. The van der Waals surface area contributed by atoms with Crippen LogP contribution in [0.2, 0.25) is 0 Å². The summed E-state index contributed by atoms with van der Waals surface area (Å²) < 4.78 is 0. The third kappa shape index (κ3) is 1.97. The number of hydrogen-bond donors (Lipinski definition) is 0. The first-order chi connectivity index (χ1) is 7.35. The molecule has 3 heteroatoms. The van der Waals surface area contributed by atoms with Crippen LogP contribution in [0.25, 0.3) is 11.3 Å². The lowest BCUT2D eigenvalue weighted by Crippen LogP contribution is -1.83. The lowest BCUT2D eigenvalue weighted by atomic mass is 10.1. The molecule has 0 saturated carbocycles. The zero-order valence-electron chi connectivity index (χ0n) is 8.43. The molecule has 2 aromatic heterocycles. The van der Waals surface area contributed by atoms with Crippen molar-refractivity contribution >= 4 is 17.6 Å². The maximum atomic E-state index is 10.7. The van der Waals surface area contributed by atoms with Crippen molar-refractivity contribution in [2.45, 2.75) is 13.3 Å². The first-order valence-electron chi connectivity index (χ1n) is 4.84. The highest BCUT2D eigenvalue weighted by Gasteiger charge is 2.09. The largest absolute Gasteiger partial charge is 0.297 e. The van der Waals surface area contributed by atoms with Gasteiger partial charge in [-0.3, -0.25) is 9.78 Å². The predicted octanol–water partition coefficient (Wildman–Crippen LogP) is 3.19. The molecular formula is C12H11NOS. The summed E-state index contributed by atoms with van der Waals surface area (Å²) in [5.41, 5.74) is 2.03. The van der Waals surface area contributed by atoms with Gasteiger partial charge in [0.2, 0.25) is 0 Å². The van der Waals surface area contributed by atoms with E-state index in [-0.39, 0.29) is 0 Å². The zero-order valence-corrected chi connectivity index (χ0v) is 9.25. The number of hydrogen-bond acceptors (Lipinski definition) is 3. The van der Waals surface area contributed by atoms with E-state index in [4.69, 9.17) is 0 Å². The maximum Gasteiger partial charge on any atom is 0.160 e. The van der Waals surface area contributed by atoms with Gasteiger partial charge in [-0.1, -0.05) is 13.0 Å². The summed E-state index contributed by atoms with van der Waals surface area (Å²) in [6.07, 6.45) is 3.60.